The monoisotopic (exact) mass is 455 g/mol. The summed E-state index contributed by atoms with van der Waals surface area (Å²) in [4.78, 5) is 43.0. The molecule has 32 heavy (non-hydrogen) atoms. The lowest BCUT2D eigenvalue weighted by atomic mass is 9.49. The Morgan fingerprint density at radius 1 is 1.09 bits per heavy atom. The summed E-state index contributed by atoms with van der Waals surface area (Å²) in [5.41, 5.74) is 0.0158. The zero-order valence-electron chi connectivity index (χ0n) is 18.8. The number of hydrogen-bond donors (Lipinski definition) is 1. The summed E-state index contributed by atoms with van der Waals surface area (Å²) in [6, 6.07) is 1.66. The highest BCUT2D eigenvalue weighted by atomic mass is 32.1. The van der Waals surface area contributed by atoms with E-state index >= 15 is 0 Å². The molecule has 3 heterocycles. The molecular formula is C25H33N3O3S. The van der Waals surface area contributed by atoms with Gasteiger partial charge in [-0.2, -0.15) is 11.3 Å². The van der Waals surface area contributed by atoms with Crippen molar-refractivity contribution in [3.05, 3.63) is 22.4 Å². The Morgan fingerprint density at radius 3 is 2.28 bits per heavy atom. The highest BCUT2D eigenvalue weighted by Gasteiger charge is 2.57. The number of imide groups is 1. The van der Waals surface area contributed by atoms with Crippen molar-refractivity contribution in [2.75, 3.05) is 13.1 Å². The lowest BCUT2D eigenvalue weighted by molar-refractivity contribution is -0.159. The van der Waals surface area contributed by atoms with Crippen LogP contribution in [-0.2, 0) is 16.1 Å². The fourth-order valence-corrected chi connectivity index (χ4v) is 8.73. The van der Waals surface area contributed by atoms with Gasteiger partial charge in [-0.1, -0.05) is 0 Å². The molecule has 2 aliphatic heterocycles. The van der Waals surface area contributed by atoms with Gasteiger partial charge in [-0.15, -0.1) is 0 Å². The van der Waals surface area contributed by atoms with Crippen molar-refractivity contribution in [2.24, 2.45) is 29.1 Å². The van der Waals surface area contributed by atoms with Crippen molar-refractivity contribution in [1.29, 1.82) is 0 Å². The van der Waals surface area contributed by atoms with Crippen LogP contribution in [0, 0.1) is 29.1 Å². The van der Waals surface area contributed by atoms with Gasteiger partial charge in [0.2, 0.25) is 5.91 Å². The van der Waals surface area contributed by atoms with Crippen LogP contribution < -0.4 is 5.32 Å². The quantitative estimate of drug-likeness (QED) is 0.698. The normalized spacial score (nSPS) is 39.1. The largest absolute Gasteiger partial charge is 0.342 e. The lowest BCUT2D eigenvalue weighted by Crippen LogP contribution is -2.58. The molecule has 172 valence electrons. The predicted molar refractivity (Wildman–Crippen MR) is 122 cm³/mol. The van der Waals surface area contributed by atoms with Crippen LogP contribution >= 0.6 is 11.3 Å². The van der Waals surface area contributed by atoms with Gasteiger partial charge in [-0.25, -0.2) is 4.79 Å². The topological polar surface area (TPSA) is 69.7 Å². The number of nitrogens with zero attached hydrogens (tertiary/aromatic N) is 2. The maximum Gasteiger partial charge on any atom is 0.325 e. The Balaban J connectivity index is 1.12. The van der Waals surface area contributed by atoms with Gasteiger partial charge in [0.1, 0.15) is 5.54 Å². The summed E-state index contributed by atoms with van der Waals surface area (Å²) in [7, 11) is 0. The highest BCUT2D eigenvalue weighted by Crippen LogP contribution is 2.60. The van der Waals surface area contributed by atoms with Crippen LogP contribution in [-0.4, -0.2) is 46.3 Å². The Bertz CT molecular complexity index is 901. The molecule has 7 rings (SSSR count). The maximum atomic E-state index is 13.7. The summed E-state index contributed by atoms with van der Waals surface area (Å²) in [6.07, 6.45) is 8.87. The molecule has 4 aliphatic carbocycles. The Hall–Kier alpha value is -1.89. The summed E-state index contributed by atoms with van der Waals surface area (Å²) in [5, 5.41) is 6.94. The summed E-state index contributed by atoms with van der Waals surface area (Å²) in [6.45, 7) is 3.61. The first-order valence-corrected chi connectivity index (χ1v) is 13.3. The molecule has 4 amide bonds. The van der Waals surface area contributed by atoms with E-state index in [-0.39, 0.29) is 23.3 Å². The first-order chi connectivity index (χ1) is 15.4. The molecule has 0 spiro atoms. The van der Waals surface area contributed by atoms with Crippen LogP contribution in [0.5, 0.6) is 0 Å². The molecule has 0 unspecified atom stereocenters. The molecule has 4 bridgehead atoms. The van der Waals surface area contributed by atoms with Gasteiger partial charge in [0.05, 0.1) is 12.0 Å². The molecule has 0 aromatic carbocycles. The molecule has 4 saturated carbocycles. The first-order valence-electron chi connectivity index (χ1n) is 12.3. The van der Waals surface area contributed by atoms with E-state index in [1.165, 1.54) is 24.2 Å². The molecule has 1 atom stereocenters. The number of carbonyl (C=O) groups is 3. The SMILES string of the molecule is C[C@@]1(C2CCN(C(=O)C34CC5CC(CC(C5)C3)C4)CC2)NC(=O)N(Cc2ccsc2)C1=O. The standard InChI is InChI=1S/C25H33N3O3S/c1-24(21(29)28(23(31)26-24)14-16-4-7-32-15-16)20-2-5-27(6-3-20)22(30)25-11-17-8-18(12-25)10-19(9-17)13-25/h4,7,15,17-20H,2-3,5-6,8-14H2,1H3,(H,26,31)/t17?,18?,19?,24-,25?/m0/s1. The summed E-state index contributed by atoms with van der Waals surface area (Å²) < 4.78 is 0. The van der Waals surface area contributed by atoms with Crippen LogP contribution in [0.4, 0.5) is 4.79 Å². The number of carbonyl (C=O) groups excluding carboxylic acids is 3. The minimum Gasteiger partial charge on any atom is -0.342 e. The van der Waals surface area contributed by atoms with Gasteiger partial charge in [0.15, 0.2) is 0 Å². The molecule has 1 aromatic heterocycles. The van der Waals surface area contributed by atoms with E-state index in [0.717, 1.165) is 55.4 Å². The van der Waals surface area contributed by atoms with Gasteiger partial charge in [0.25, 0.3) is 5.91 Å². The fourth-order valence-electron chi connectivity index (χ4n) is 8.07. The number of amides is 4. The van der Waals surface area contributed by atoms with E-state index < -0.39 is 5.54 Å². The van der Waals surface area contributed by atoms with Crippen molar-refractivity contribution in [3.63, 3.8) is 0 Å². The van der Waals surface area contributed by atoms with Gasteiger partial charge in [-0.05, 0) is 104 Å². The van der Waals surface area contributed by atoms with E-state index in [4.69, 9.17) is 0 Å². The zero-order valence-corrected chi connectivity index (χ0v) is 19.7. The second-order valence-corrected chi connectivity index (χ2v) is 12.2. The third-order valence-electron chi connectivity index (χ3n) is 9.31. The zero-order chi connectivity index (χ0) is 22.1. The Morgan fingerprint density at radius 2 is 1.72 bits per heavy atom. The van der Waals surface area contributed by atoms with Gasteiger partial charge in [0, 0.05) is 13.1 Å². The summed E-state index contributed by atoms with van der Waals surface area (Å²) >= 11 is 1.57. The molecule has 1 N–H and O–H groups in total. The van der Waals surface area contributed by atoms with Gasteiger partial charge in [-0.3, -0.25) is 14.5 Å². The van der Waals surface area contributed by atoms with Crippen molar-refractivity contribution in [1.82, 2.24) is 15.1 Å². The minimum absolute atomic E-state index is 0.0619. The van der Waals surface area contributed by atoms with E-state index in [0.29, 0.717) is 25.5 Å². The van der Waals surface area contributed by atoms with Crippen LogP contribution in [0.2, 0.25) is 0 Å². The highest BCUT2D eigenvalue weighted by molar-refractivity contribution is 7.07. The van der Waals surface area contributed by atoms with Crippen LogP contribution in [0.3, 0.4) is 0 Å². The maximum absolute atomic E-state index is 13.7. The Kier molecular flexibility index (Phi) is 4.73. The molecular weight excluding hydrogens is 422 g/mol. The number of nitrogens with one attached hydrogen (secondary N) is 1. The second-order valence-electron chi connectivity index (χ2n) is 11.4. The smallest absolute Gasteiger partial charge is 0.325 e. The van der Waals surface area contributed by atoms with Gasteiger partial charge < -0.3 is 10.2 Å². The van der Waals surface area contributed by atoms with Crippen molar-refractivity contribution in [2.45, 2.75) is 70.4 Å². The number of urea groups is 1. The fraction of sp³-hybridized carbons (Fsp3) is 0.720. The molecule has 6 aliphatic rings. The van der Waals surface area contributed by atoms with Crippen LogP contribution in [0.15, 0.2) is 16.8 Å². The lowest BCUT2D eigenvalue weighted by Gasteiger charge is -2.57. The Labute approximate surface area is 193 Å². The number of likely N-dealkylation sites (tertiary alicyclic amines) is 1. The molecule has 6 nitrogen and oxygen atoms in total. The van der Waals surface area contributed by atoms with E-state index in [1.807, 2.05) is 23.8 Å². The third-order valence-corrected chi connectivity index (χ3v) is 10.0. The summed E-state index contributed by atoms with van der Waals surface area (Å²) in [5.74, 6) is 2.62. The van der Waals surface area contributed by atoms with Crippen LogP contribution in [0.25, 0.3) is 0 Å². The number of rotatable bonds is 4. The van der Waals surface area contributed by atoms with Crippen LogP contribution in [0.1, 0.15) is 63.9 Å². The third kappa shape index (κ3) is 3.14. The average Bonchev–Trinajstić information content (AvgIpc) is 3.35. The molecule has 6 fully saturated rings. The minimum atomic E-state index is -0.872. The van der Waals surface area contributed by atoms with Gasteiger partial charge >= 0.3 is 6.03 Å². The second kappa shape index (κ2) is 7.31. The molecule has 1 aromatic rings. The van der Waals surface area contributed by atoms with E-state index in [2.05, 4.69) is 10.2 Å². The van der Waals surface area contributed by atoms with Crippen molar-refractivity contribution < 1.29 is 14.4 Å². The number of piperidine rings is 1. The van der Waals surface area contributed by atoms with E-state index in [9.17, 15) is 14.4 Å². The number of hydrogen-bond acceptors (Lipinski definition) is 4. The van der Waals surface area contributed by atoms with E-state index in [1.54, 1.807) is 11.3 Å². The molecule has 2 saturated heterocycles. The average molecular weight is 456 g/mol. The first kappa shape index (κ1) is 20.7. The number of thiophene rings is 1. The van der Waals surface area contributed by atoms with Crippen molar-refractivity contribution in [3.8, 4) is 0 Å². The molecule has 0 radical (unpaired) electrons. The van der Waals surface area contributed by atoms with Crippen molar-refractivity contribution >= 4 is 29.2 Å². The molecule has 7 heteroatoms. The predicted octanol–water partition coefficient (Wildman–Crippen LogP) is 4.01.